The van der Waals surface area contributed by atoms with Gasteiger partial charge in [0.05, 0.1) is 11.5 Å². The Morgan fingerprint density at radius 3 is 2.33 bits per heavy atom. The van der Waals surface area contributed by atoms with E-state index in [9.17, 15) is 12.8 Å². The van der Waals surface area contributed by atoms with Crippen molar-refractivity contribution in [3.63, 3.8) is 0 Å². The van der Waals surface area contributed by atoms with Crippen LogP contribution in [0.15, 0.2) is 29.2 Å². The number of halogens is 1. The lowest BCUT2D eigenvalue weighted by Gasteiger charge is -2.33. The average Bonchev–Trinajstić information content (AvgIpc) is 2.15. The van der Waals surface area contributed by atoms with Crippen molar-refractivity contribution in [2.24, 2.45) is 5.92 Å². The monoisotopic (exact) mass is 230 g/mol. The van der Waals surface area contributed by atoms with E-state index in [0.717, 1.165) is 12.1 Å². The summed E-state index contributed by atoms with van der Waals surface area (Å²) in [5.41, 5.74) is -0.775. The SMILES string of the molecule is CC1COC1S(=O)(=O)c1ccc(F)cc1. The second-order valence-corrected chi connectivity index (χ2v) is 5.70. The molecule has 1 aliphatic heterocycles. The van der Waals surface area contributed by atoms with Gasteiger partial charge in [-0.25, -0.2) is 12.8 Å². The van der Waals surface area contributed by atoms with Gasteiger partial charge in [0.25, 0.3) is 0 Å². The zero-order valence-electron chi connectivity index (χ0n) is 8.18. The van der Waals surface area contributed by atoms with Gasteiger partial charge in [0.1, 0.15) is 5.82 Å². The topological polar surface area (TPSA) is 43.4 Å². The van der Waals surface area contributed by atoms with Crippen molar-refractivity contribution in [1.29, 1.82) is 0 Å². The second kappa shape index (κ2) is 3.57. The van der Waals surface area contributed by atoms with E-state index < -0.39 is 21.1 Å². The minimum Gasteiger partial charge on any atom is -0.361 e. The van der Waals surface area contributed by atoms with Crippen LogP contribution in [0.1, 0.15) is 6.92 Å². The van der Waals surface area contributed by atoms with Crippen LogP contribution in [0, 0.1) is 11.7 Å². The largest absolute Gasteiger partial charge is 0.361 e. The fourth-order valence-corrected chi connectivity index (χ4v) is 3.25. The number of benzene rings is 1. The van der Waals surface area contributed by atoms with E-state index in [4.69, 9.17) is 4.74 Å². The zero-order chi connectivity index (χ0) is 11.1. The highest BCUT2D eigenvalue weighted by Gasteiger charge is 2.40. The van der Waals surface area contributed by atoms with E-state index in [0.29, 0.717) is 6.61 Å². The molecule has 1 aromatic rings. The molecule has 2 rings (SSSR count). The maximum atomic E-state index is 12.6. The van der Waals surface area contributed by atoms with Crippen molar-refractivity contribution in [3.05, 3.63) is 30.1 Å². The van der Waals surface area contributed by atoms with E-state index in [1.54, 1.807) is 0 Å². The summed E-state index contributed by atoms with van der Waals surface area (Å²) in [6.07, 6.45) is 0. The molecule has 2 unspecified atom stereocenters. The first-order chi connectivity index (χ1) is 7.01. The van der Waals surface area contributed by atoms with Gasteiger partial charge in [-0.15, -0.1) is 0 Å². The fraction of sp³-hybridized carbons (Fsp3) is 0.400. The Labute approximate surface area is 87.8 Å². The van der Waals surface area contributed by atoms with Crippen LogP contribution in [0.25, 0.3) is 0 Å². The molecule has 0 saturated carbocycles. The zero-order valence-corrected chi connectivity index (χ0v) is 9.00. The molecular formula is C10H11FO3S. The van der Waals surface area contributed by atoms with Crippen LogP contribution < -0.4 is 0 Å². The van der Waals surface area contributed by atoms with Gasteiger partial charge in [0.15, 0.2) is 5.44 Å². The standard InChI is InChI=1S/C10H11FO3S/c1-7-6-14-10(7)15(12,13)9-4-2-8(11)3-5-9/h2-5,7,10H,6H2,1H3. The number of ether oxygens (including phenoxy) is 1. The molecule has 0 bridgehead atoms. The molecule has 1 fully saturated rings. The van der Waals surface area contributed by atoms with Crippen LogP contribution in [-0.4, -0.2) is 20.5 Å². The highest BCUT2D eigenvalue weighted by atomic mass is 32.2. The number of rotatable bonds is 2. The molecule has 5 heteroatoms. The summed E-state index contributed by atoms with van der Waals surface area (Å²) in [5.74, 6) is -0.448. The molecule has 1 aromatic carbocycles. The van der Waals surface area contributed by atoms with E-state index in [2.05, 4.69) is 0 Å². The first-order valence-corrected chi connectivity index (χ1v) is 6.17. The molecule has 1 aliphatic rings. The van der Waals surface area contributed by atoms with Crippen molar-refractivity contribution < 1.29 is 17.5 Å². The Morgan fingerprint density at radius 2 is 1.93 bits per heavy atom. The summed E-state index contributed by atoms with van der Waals surface area (Å²) in [4.78, 5) is 0.112. The smallest absolute Gasteiger partial charge is 0.205 e. The van der Waals surface area contributed by atoms with Gasteiger partial charge in [0, 0.05) is 5.92 Å². The number of sulfone groups is 1. The lowest BCUT2D eigenvalue weighted by Crippen LogP contribution is -2.43. The minimum atomic E-state index is -3.46. The molecule has 2 atom stereocenters. The summed E-state index contributed by atoms with van der Waals surface area (Å²) in [5, 5.41) is 0. The molecule has 1 saturated heterocycles. The third-order valence-electron chi connectivity index (χ3n) is 2.44. The van der Waals surface area contributed by atoms with Crippen molar-refractivity contribution in [3.8, 4) is 0 Å². The quantitative estimate of drug-likeness (QED) is 0.725. The lowest BCUT2D eigenvalue weighted by atomic mass is 10.1. The number of hydrogen-bond acceptors (Lipinski definition) is 3. The Hall–Kier alpha value is -0.940. The lowest BCUT2D eigenvalue weighted by molar-refractivity contribution is -0.0544. The van der Waals surface area contributed by atoms with Gasteiger partial charge in [-0.1, -0.05) is 6.92 Å². The van der Waals surface area contributed by atoms with Crippen molar-refractivity contribution in [2.75, 3.05) is 6.61 Å². The molecule has 0 aromatic heterocycles. The highest BCUT2D eigenvalue weighted by molar-refractivity contribution is 7.92. The highest BCUT2D eigenvalue weighted by Crippen LogP contribution is 2.29. The summed E-state index contributed by atoms with van der Waals surface area (Å²) in [7, 11) is -3.46. The van der Waals surface area contributed by atoms with Gasteiger partial charge in [-0.3, -0.25) is 0 Å². The fourth-order valence-electron chi connectivity index (χ4n) is 1.52. The van der Waals surface area contributed by atoms with Crippen LogP contribution in [0.4, 0.5) is 4.39 Å². The Balaban J connectivity index is 2.33. The van der Waals surface area contributed by atoms with Gasteiger partial charge < -0.3 is 4.74 Å². The van der Waals surface area contributed by atoms with E-state index in [-0.39, 0.29) is 10.8 Å². The molecule has 0 aliphatic carbocycles. The predicted molar refractivity (Wildman–Crippen MR) is 52.5 cm³/mol. The maximum Gasteiger partial charge on any atom is 0.205 e. The van der Waals surface area contributed by atoms with E-state index in [1.165, 1.54) is 12.1 Å². The van der Waals surface area contributed by atoms with Crippen LogP contribution in [-0.2, 0) is 14.6 Å². The molecule has 82 valence electrons. The third kappa shape index (κ3) is 1.77. The van der Waals surface area contributed by atoms with Gasteiger partial charge in [-0.2, -0.15) is 0 Å². The molecule has 15 heavy (non-hydrogen) atoms. The minimum absolute atomic E-state index is 0.0000491. The average molecular weight is 230 g/mol. The van der Waals surface area contributed by atoms with Crippen molar-refractivity contribution in [1.82, 2.24) is 0 Å². The van der Waals surface area contributed by atoms with E-state index >= 15 is 0 Å². The Kier molecular flexibility index (Phi) is 2.52. The number of hydrogen-bond donors (Lipinski definition) is 0. The predicted octanol–water partition coefficient (Wildman–Crippen LogP) is 1.59. The molecule has 0 amide bonds. The maximum absolute atomic E-state index is 12.6. The van der Waals surface area contributed by atoms with Crippen LogP contribution in [0.3, 0.4) is 0 Å². The molecular weight excluding hydrogens is 219 g/mol. The third-order valence-corrected chi connectivity index (χ3v) is 4.58. The van der Waals surface area contributed by atoms with E-state index in [1.807, 2.05) is 6.92 Å². The summed E-state index contributed by atoms with van der Waals surface area (Å²) < 4.78 is 41.4. The van der Waals surface area contributed by atoms with Crippen LogP contribution in [0.2, 0.25) is 0 Å². The summed E-state index contributed by atoms with van der Waals surface area (Å²) in [6, 6.07) is 4.80. The van der Waals surface area contributed by atoms with Crippen molar-refractivity contribution in [2.45, 2.75) is 17.3 Å². The normalized spacial score (nSPS) is 26.0. The summed E-state index contributed by atoms with van der Waals surface area (Å²) >= 11 is 0. The van der Waals surface area contributed by atoms with Gasteiger partial charge >= 0.3 is 0 Å². The second-order valence-electron chi connectivity index (χ2n) is 3.68. The van der Waals surface area contributed by atoms with Gasteiger partial charge in [-0.05, 0) is 24.3 Å². The first kappa shape index (κ1) is 10.6. The Bertz CT molecular complexity index is 452. The molecule has 0 radical (unpaired) electrons. The molecule has 0 spiro atoms. The van der Waals surface area contributed by atoms with Gasteiger partial charge in [0.2, 0.25) is 9.84 Å². The molecule has 1 heterocycles. The Morgan fingerprint density at radius 1 is 1.33 bits per heavy atom. The molecule has 3 nitrogen and oxygen atoms in total. The summed E-state index contributed by atoms with van der Waals surface area (Å²) in [6.45, 7) is 2.28. The molecule has 0 N–H and O–H groups in total. The van der Waals surface area contributed by atoms with Crippen molar-refractivity contribution >= 4 is 9.84 Å². The van der Waals surface area contributed by atoms with Crippen LogP contribution >= 0.6 is 0 Å². The first-order valence-electron chi connectivity index (χ1n) is 4.63. The van der Waals surface area contributed by atoms with Crippen LogP contribution in [0.5, 0.6) is 0 Å².